The fourth-order valence-corrected chi connectivity index (χ4v) is 4.73. The molecule has 0 aliphatic heterocycles. The average molecular weight is 462 g/mol. The van der Waals surface area contributed by atoms with Crippen molar-refractivity contribution >= 4 is 66.4 Å². The number of rotatable bonds is 6. The molecule has 0 aliphatic carbocycles. The summed E-state index contributed by atoms with van der Waals surface area (Å²) in [6.07, 6.45) is 1.17. The Labute approximate surface area is 177 Å². The lowest BCUT2D eigenvalue weighted by atomic mass is 10.3. The van der Waals surface area contributed by atoms with Crippen LogP contribution in [0.25, 0.3) is 10.2 Å². The van der Waals surface area contributed by atoms with Crippen LogP contribution in [0, 0.1) is 6.92 Å². The number of hydrogen-bond acceptors (Lipinski definition) is 9. The average Bonchev–Trinajstić information content (AvgIpc) is 3.18. The van der Waals surface area contributed by atoms with E-state index in [0.29, 0.717) is 34.3 Å². The number of carbonyl (C=O) groups excluding carboxylic acids is 1. The molecule has 3 rings (SSSR count). The number of anilines is 1. The molecule has 1 amide bonds. The summed E-state index contributed by atoms with van der Waals surface area (Å²) in [6, 6.07) is 4.80. The summed E-state index contributed by atoms with van der Waals surface area (Å²) in [5, 5.41) is 4.44. The summed E-state index contributed by atoms with van der Waals surface area (Å²) in [5.74, 6) is -0.202. The van der Waals surface area contributed by atoms with Crippen LogP contribution in [0.5, 0.6) is 0 Å². The highest BCUT2D eigenvalue weighted by atomic mass is 35.5. The number of nitrogens with zero attached hydrogens (tertiary/aromatic N) is 5. The van der Waals surface area contributed by atoms with Crippen molar-refractivity contribution in [3.8, 4) is 0 Å². The second-order valence-electron chi connectivity index (χ2n) is 6.35. The summed E-state index contributed by atoms with van der Waals surface area (Å²) in [6.45, 7) is 2.85. The van der Waals surface area contributed by atoms with Crippen LogP contribution in [0.15, 0.2) is 23.1 Å². The van der Waals surface area contributed by atoms with Gasteiger partial charge in [-0.05, 0) is 50.8 Å². The molecule has 0 spiro atoms. The number of carbonyl (C=O) groups is 1. The number of benzene rings is 1. The van der Waals surface area contributed by atoms with Crippen LogP contribution in [0.2, 0.25) is 0 Å². The number of aromatic nitrogens is 3. The highest BCUT2D eigenvalue weighted by Crippen LogP contribution is 2.32. The smallest absolute Gasteiger partial charge is 0.273 e. The van der Waals surface area contributed by atoms with Crippen molar-refractivity contribution < 1.29 is 13.2 Å². The van der Waals surface area contributed by atoms with Crippen LogP contribution in [-0.2, 0) is 9.84 Å². The second kappa shape index (κ2) is 8.78. The Kier molecular flexibility index (Phi) is 7.10. The van der Waals surface area contributed by atoms with Crippen molar-refractivity contribution in [1.29, 1.82) is 0 Å². The topological polar surface area (TPSA) is 96.4 Å². The second-order valence-corrected chi connectivity index (χ2v) is 10.1. The number of aryl methyl sites for hydroxylation is 1. The molecular formula is C16H20ClN5O3S3. The molecule has 0 atom stereocenters. The molecule has 3 aromatic rings. The fourth-order valence-electron chi connectivity index (χ4n) is 2.37. The van der Waals surface area contributed by atoms with Crippen molar-refractivity contribution in [1.82, 2.24) is 19.5 Å². The van der Waals surface area contributed by atoms with E-state index in [1.165, 1.54) is 23.7 Å². The molecule has 2 heterocycles. The van der Waals surface area contributed by atoms with Crippen LogP contribution in [0.3, 0.4) is 0 Å². The first-order chi connectivity index (χ1) is 12.7. The number of thiazole rings is 1. The molecule has 0 unspecified atom stereocenters. The highest BCUT2D eigenvalue weighted by Gasteiger charge is 2.25. The number of sulfone groups is 1. The van der Waals surface area contributed by atoms with Crippen LogP contribution >= 0.6 is 35.3 Å². The molecule has 12 heteroatoms. The predicted octanol–water partition coefficient (Wildman–Crippen LogP) is 2.49. The molecule has 8 nitrogen and oxygen atoms in total. The lowest BCUT2D eigenvalue weighted by Crippen LogP contribution is -2.36. The van der Waals surface area contributed by atoms with Crippen LogP contribution in [0.4, 0.5) is 5.13 Å². The largest absolute Gasteiger partial charge is 0.308 e. The van der Waals surface area contributed by atoms with Crippen molar-refractivity contribution in [2.75, 3.05) is 38.3 Å². The van der Waals surface area contributed by atoms with E-state index in [1.54, 1.807) is 24.0 Å². The standard InChI is InChI=1S/C16H19N5O3S3.ClH/c1-10-14(26-19-18-10)15(22)21(8-7-20(2)3)16-17-12-6-5-11(27(4,23)24)9-13(12)25-16;/h5-6,9H,7-8H2,1-4H3;1H. The van der Waals surface area contributed by atoms with E-state index in [9.17, 15) is 13.2 Å². The molecule has 152 valence electrons. The molecule has 0 saturated carbocycles. The van der Waals surface area contributed by atoms with Gasteiger partial charge in [-0.2, -0.15) is 0 Å². The van der Waals surface area contributed by atoms with Gasteiger partial charge in [0, 0.05) is 19.3 Å². The summed E-state index contributed by atoms with van der Waals surface area (Å²) in [5.41, 5.74) is 1.24. The van der Waals surface area contributed by atoms with Crippen molar-refractivity contribution in [2.45, 2.75) is 11.8 Å². The maximum atomic E-state index is 13.1. The molecule has 0 radical (unpaired) electrons. The Morgan fingerprint density at radius 2 is 1.93 bits per heavy atom. The number of fused-ring (bicyclic) bond motifs is 1. The lowest BCUT2D eigenvalue weighted by Gasteiger charge is -2.21. The normalized spacial score (nSPS) is 11.6. The first kappa shape index (κ1) is 22.6. The van der Waals surface area contributed by atoms with E-state index < -0.39 is 9.84 Å². The fraction of sp³-hybridized carbons (Fsp3) is 0.375. The van der Waals surface area contributed by atoms with Gasteiger partial charge < -0.3 is 4.90 Å². The number of likely N-dealkylation sites (N-methyl/N-ethyl adjacent to an activating group) is 1. The van der Waals surface area contributed by atoms with Gasteiger partial charge in [0.05, 0.1) is 20.8 Å². The van der Waals surface area contributed by atoms with Crippen molar-refractivity contribution in [2.24, 2.45) is 0 Å². The van der Waals surface area contributed by atoms with Gasteiger partial charge in [-0.15, -0.1) is 17.5 Å². The lowest BCUT2D eigenvalue weighted by molar-refractivity contribution is 0.0988. The highest BCUT2D eigenvalue weighted by molar-refractivity contribution is 7.90. The van der Waals surface area contributed by atoms with Crippen molar-refractivity contribution in [3.05, 3.63) is 28.8 Å². The third-order valence-corrected chi connectivity index (χ3v) is 6.84. The molecule has 2 aromatic heterocycles. The molecular weight excluding hydrogens is 442 g/mol. The zero-order valence-corrected chi connectivity index (χ0v) is 19.0. The first-order valence-electron chi connectivity index (χ1n) is 8.03. The number of halogens is 1. The summed E-state index contributed by atoms with van der Waals surface area (Å²) in [7, 11) is 0.552. The third-order valence-electron chi connectivity index (χ3n) is 3.87. The van der Waals surface area contributed by atoms with Gasteiger partial charge in [-0.1, -0.05) is 15.8 Å². The Balaban J connectivity index is 0.00000280. The van der Waals surface area contributed by atoms with Gasteiger partial charge in [0.1, 0.15) is 4.88 Å². The van der Waals surface area contributed by atoms with Crippen LogP contribution in [-0.4, -0.2) is 67.2 Å². The van der Waals surface area contributed by atoms with E-state index in [0.717, 1.165) is 16.2 Å². The summed E-state index contributed by atoms with van der Waals surface area (Å²) < 4.78 is 28.2. The monoisotopic (exact) mass is 461 g/mol. The van der Waals surface area contributed by atoms with E-state index in [2.05, 4.69) is 14.6 Å². The minimum Gasteiger partial charge on any atom is -0.308 e. The SMILES string of the molecule is Cc1nnsc1C(=O)N(CCN(C)C)c1nc2ccc(S(C)(=O)=O)cc2s1.Cl. The van der Waals surface area contributed by atoms with Gasteiger partial charge >= 0.3 is 0 Å². The summed E-state index contributed by atoms with van der Waals surface area (Å²) in [4.78, 5) is 21.9. The first-order valence-corrected chi connectivity index (χ1v) is 11.5. The Hall–Kier alpha value is -1.66. The Morgan fingerprint density at radius 3 is 2.50 bits per heavy atom. The number of hydrogen-bond donors (Lipinski definition) is 0. The van der Waals surface area contributed by atoms with E-state index in [-0.39, 0.29) is 23.2 Å². The Bertz CT molecular complexity index is 1090. The maximum Gasteiger partial charge on any atom is 0.273 e. The molecule has 0 bridgehead atoms. The Morgan fingerprint density at radius 1 is 1.21 bits per heavy atom. The molecule has 0 fully saturated rings. The molecule has 1 aromatic carbocycles. The maximum absolute atomic E-state index is 13.1. The van der Waals surface area contributed by atoms with Gasteiger partial charge in [-0.25, -0.2) is 13.4 Å². The molecule has 0 N–H and O–H groups in total. The van der Waals surface area contributed by atoms with Gasteiger partial charge in [0.2, 0.25) is 0 Å². The molecule has 0 saturated heterocycles. The van der Waals surface area contributed by atoms with E-state index in [1.807, 2.05) is 19.0 Å². The number of amides is 1. The molecule has 28 heavy (non-hydrogen) atoms. The molecule has 0 aliphatic rings. The van der Waals surface area contributed by atoms with Gasteiger partial charge in [-0.3, -0.25) is 9.69 Å². The van der Waals surface area contributed by atoms with Gasteiger partial charge in [0.15, 0.2) is 15.0 Å². The van der Waals surface area contributed by atoms with E-state index in [4.69, 9.17) is 0 Å². The summed E-state index contributed by atoms with van der Waals surface area (Å²) >= 11 is 2.35. The van der Waals surface area contributed by atoms with E-state index >= 15 is 0 Å². The zero-order chi connectivity index (χ0) is 19.8. The zero-order valence-electron chi connectivity index (χ0n) is 15.7. The minimum absolute atomic E-state index is 0. The van der Waals surface area contributed by atoms with Gasteiger partial charge in [0.25, 0.3) is 5.91 Å². The van der Waals surface area contributed by atoms with Crippen molar-refractivity contribution in [3.63, 3.8) is 0 Å². The predicted molar refractivity (Wildman–Crippen MR) is 115 cm³/mol. The van der Waals surface area contributed by atoms with Crippen LogP contribution < -0.4 is 4.90 Å². The minimum atomic E-state index is -3.31. The quantitative estimate of drug-likeness (QED) is 0.556. The third kappa shape index (κ3) is 4.84. The van der Waals surface area contributed by atoms with Crippen LogP contribution in [0.1, 0.15) is 15.4 Å².